The minimum atomic E-state index is -0.152. The van der Waals surface area contributed by atoms with Crippen molar-refractivity contribution in [1.29, 1.82) is 0 Å². The minimum Gasteiger partial charge on any atom is -0.375 e. The molecular formula is C16H24FNO. The monoisotopic (exact) mass is 265 g/mol. The first-order valence-electron chi connectivity index (χ1n) is 7.09. The van der Waals surface area contributed by atoms with Gasteiger partial charge in [0, 0.05) is 12.6 Å². The fourth-order valence-electron chi connectivity index (χ4n) is 2.76. The summed E-state index contributed by atoms with van der Waals surface area (Å²) in [5, 5.41) is 3.59. The van der Waals surface area contributed by atoms with Gasteiger partial charge in [-0.3, -0.25) is 0 Å². The molecule has 2 nitrogen and oxygen atoms in total. The van der Waals surface area contributed by atoms with Gasteiger partial charge in [0.05, 0.1) is 5.60 Å². The summed E-state index contributed by atoms with van der Waals surface area (Å²) in [6, 6.07) is 5.57. The summed E-state index contributed by atoms with van der Waals surface area (Å²) >= 11 is 0. The van der Waals surface area contributed by atoms with Crippen molar-refractivity contribution < 1.29 is 9.13 Å². The van der Waals surface area contributed by atoms with Crippen LogP contribution in [-0.4, -0.2) is 24.8 Å². The molecule has 19 heavy (non-hydrogen) atoms. The van der Waals surface area contributed by atoms with Gasteiger partial charge in [0.2, 0.25) is 0 Å². The molecule has 3 heteroatoms. The first-order chi connectivity index (χ1) is 8.96. The summed E-state index contributed by atoms with van der Waals surface area (Å²) < 4.78 is 18.7. The van der Waals surface area contributed by atoms with Crippen LogP contribution in [0.3, 0.4) is 0 Å². The lowest BCUT2D eigenvalue weighted by molar-refractivity contribution is -0.0627. The standard InChI is InChI=1S/C16H24FNO/c1-12-10-14(17)5-4-13(12)6-8-18-15-7-9-19-16(2,3)11-15/h4-5,10,15,18H,6-9,11H2,1-3H3. The van der Waals surface area contributed by atoms with Crippen LogP contribution in [0.25, 0.3) is 0 Å². The molecule has 0 amide bonds. The molecule has 1 atom stereocenters. The second-order valence-corrected chi connectivity index (χ2v) is 6.07. The van der Waals surface area contributed by atoms with Gasteiger partial charge in [-0.2, -0.15) is 0 Å². The quantitative estimate of drug-likeness (QED) is 0.902. The zero-order valence-corrected chi connectivity index (χ0v) is 12.1. The van der Waals surface area contributed by atoms with E-state index in [4.69, 9.17) is 4.74 Å². The Morgan fingerprint density at radius 1 is 1.42 bits per heavy atom. The van der Waals surface area contributed by atoms with E-state index in [1.165, 1.54) is 5.56 Å². The smallest absolute Gasteiger partial charge is 0.123 e. The average Bonchev–Trinajstić information content (AvgIpc) is 2.31. The Morgan fingerprint density at radius 3 is 2.89 bits per heavy atom. The molecule has 1 aliphatic rings. The average molecular weight is 265 g/mol. The van der Waals surface area contributed by atoms with Gasteiger partial charge in [0.25, 0.3) is 0 Å². The van der Waals surface area contributed by atoms with Gasteiger partial charge in [-0.1, -0.05) is 6.07 Å². The van der Waals surface area contributed by atoms with Crippen molar-refractivity contribution in [3.8, 4) is 0 Å². The van der Waals surface area contributed by atoms with Gasteiger partial charge >= 0.3 is 0 Å². The lowest BCUT2D eigenvalue weighted by atomic mass is 9.94. The summed E-state index contributed by atoms with van der Waals surface area (Å²) in [5.74, 6) is -0.152. The molecule has 0 radical (unpaired) electrons. The summed E-state index contributed by atoms with van der Waals surface area (Å²) in [6.45, 7) is 8.03. The molecule has 0 saturated carbocycles. The van der Waals surface area contributed by atoms with E-state index in [0.29, 0.717) is 6.04 Å². The van der Waals surface area contributed by atoms with Gasteiger partial charge in [-0.15, -0.1) is 0 Å². The van der Waals surface area contributed by atoms with Crippen molar-refractivity contribution >= 4 is 0 Å². The highest BCUT2D eigenvalue weighted by Gasteiger charge is 2.28. The maximum Gasteiger partial charge on any atom is 0.123 e. The predicted molar refractivity (Wildman–Crippen MR) is 75.9 cm³/mol. The Labute approximate surface area is 115 Å². The van der Waals surface area contributed by atoms with Crippen LogP contribution in [-0.2, 0) is 11.2 Å². The van der Waals surface area contributed by atoms with Crippen LogP contribution < -0.4 is 5.32 Å². The van der Waals surface area contributed by atoms with Gasteiger partial charge in [-0.05, 0) is 69.8 Å². The number of ether oxygens (including phenoxy) is 1. The van der Waals surface area contributed by atoms with Crippen molar-refractivity contribution in [3.63, 3.8) is 0 Å². The van der Waals surface area contributed by atoms with Crippen molar-refractivity contribution in [2.24, 2.45) is 0 Å². The molecule has 1 aliphatic heterocycles. The lowest BCUT2D eigenvalue weighted by Crippen LogP contribution is -2.44. The Kier molecular flexibility index (Phi) is 4.58. The van der Waals surface area contributed by atoms with E-state index in [1.54, 1.807) is 12.1 Å². The molecule has 0 spiro atoms. The number of aryl methyl sites for hydroxylation is 1. The summed E-state index contributed by atoms with van der Waals surface area (Å²) in [4.78, 5) is 0. The van der Waals surface area contributed by atoms with Crippen LogP contribution >= 0.6 is 0 Å². The first kappa shape index (κ1) is 14.5. The van der Waals surface area contributed by atoms with Gasteiger partial charge in [0.15, 0.2) is 0 Å². The Hall–Kier alpha value is -0.930. The number of rotatable bonds is 4. The Bertz CT molecular complexity index is 431. The first-order valence-corrected chi connectivity index (χ1v) is 7.09. The number of hydrogen-bond acceptors (Lipinski definition) is 2. The van der Waals surface area contributed by atoms with Crippen molar-refractivity contribution in [2.75, 3.05) is 13.2 Å². The molecule has 1 unspecified atom stereocenters. The third kappa shape index (κ3) is 4.29. The highest BCUT2D eigenvalue weighted by molar-refractivity contribution is 5.26. The minimum absolute atomic E-state index is 0.0122. The molecule has 106 valence electrons. The molecule has 1 aromatic rings. The van der Waals surface area contributed by atoms with Gasteiger partial charge < -0.3 is 10.1 Å². The van der Waals surface area contributed by atoms with Crippen LogP contribution in [0.2, 0.25) is 0 Å². The van der Waals surface area contributed by atoms with Crippen molar-refractivity contribution in [3.05, 3.63) is 35.1 Å². The number of nitrogens with one attached hydrogen (secondary N) is 1. The molecule has 2 rings (SSSR count). The van der Waals surface area contributed by atoms with E-state index in [9.17, 15) is 4.39 Å². The van der Waals surface area contributed by atoms with Crippen molar-refractivity contribution in [1.82, 2.24) is 5.32 Å². The van der Waals surface area contributed by atoms with E-state index in [-0.39, 0.29) is 11.4 Å². The zero-order chi connectivity index (χ0) is 13.9. The molecule has 1 N–H and O–H groups in total. The SMILES string of the molecule is Cc1cc(F)ccc1CCNC1CCOC(C)(C)C1. The molecule has 0 bridgehead atoms. The molecule has 1 aromatic carbocycles. The third-order valence-electron chi connectivity index (χ3n) is 3.83. The van der Waals surface area contributed by atoms with Crippen LogP contribution in [0.4, 0.5) is 4.39 Å². The second-order valence-electron chi connectivity index (χ2n) is 6.07. The molecule has 1 saturated heterocycles. The van der Waals surface area contributed by atoms with E-state index in [0.717, 1.165) is 38.0 Å². The van der Waals surface area contributed by atoms with E-state index in [2.05, 4.69) is 19.2 Å². The maximum atomic E-state index is 13.0. The Balaban J connectivity index is 1.80. The zero-order valence-electron chi connectivity index (χ0n) is 12.1. The fraction of sp³-hybridized carbons (Fsp3) is 0.625. The van der Waals surface area contributed by atoms with E-state index < -0.39 is 0 Å². The maximum absolute atomic E-state index is 13.0. The van der Waals surface area contributed by atoms with Crippen molar-refractivity contribution in [2.45, 2.75) is 51.7 Å². The molecule has 1 fully saturated rings. The van der Waals surface area contributed by atoms with E-state index >= 15 is 0 Å². The normalized spacial score (nSPS) is 22.4. The van der Waals surface area contributed by atoms with E-state index in [1.807, 2.05) is 13.0 Å². The van der Waals surface area contributed by atoms with Crippen LogP contribution in [0.5, 0.6) is 0 Å². The second kappa shape index (κ2) is 6.02. The molecular weight excluding hydrogens is 241 g/mol. The molecule has 1 heterocycles. The van der Waals surface area contributed by atoms with Crippen LogP contribution in [0.15, 0.2) is 18.2 Å². The van der Waals surface area contributed by atoms with Gasteiger partial charge in [-0.25, -0.2) is 4.39 Å². The largest absolute Gasteiger partial charge is 0.375 e. The summed E-state index contributed by atoms with van der Waals surface area (Å²) in [6.07, 6.45) is 3.07. The fourth-order valence-corrected chi connectivity index (χ4v) is 2.76. The number of halogens is 1. The highest BCUT2D eigenvalue weighted by Crippen LogP contribution is 2.23. The van der Waals surface area contributed by atoms with Gasteiger partial charge in [0.1, 0.15) is 5.82 Å². The number of benzene rings is 1. The highest BCUT2D eigenvalue weighted by atomic mass is 19.1. The topological polar surface area (TPSA) is 21.3 Å². The molecule has 0 aromatic heterocycles. The number of hydrogen-bond donors (Lipinski definition) is 1. The van der Waals surface area contributed by atoms with Crippen LogP contribution in [0.1, 0.15) is 37.8 Å². The lowest BCUT2D eigenvalue weighted by Gasteiger charge is -2.36. The molecule has 0 aliphatic carbocycles. The third-order valence-corrected chi connectivity index (χ3v) is 3.83. The Morgan fingerprint density at radius 2 is 2.21 bits per heavy atom. The van der Waals surface area contributed by atoms with Crippen LogP contribution in [0, 0.1) is 12.7 Å². The predicted octanol–water partition coefficient (Wildman–Crippen LogP) is 3.22. The summed E-state index contributed by atoms with van der Waals surface area (Å²) in [5.41, 5.74) is 2.25. The summed E-state index contributed by atoms with van der Waals surface area (Å²) in [7, 11) is 0.